The van der Waals surface area contributed by atoms with Crippen molar-refractivity contribution in [1.29, 1.82) is 0 Å². The fourth-order valence-corrected chi connectivity index (χ4v) is 3.04. The van der Waals surface area contributed by atoms with Crippen LogP contribution in [0.5, 0.6) is 0 Å². The number of amides is 2. The molecule has 0 aromatic rings. The van der Waals surface area contributed by atoms with E-state index < -0.39 is 5.41 Å². The van der Waals surface area contributed by atoms with Gasteiger partial charge < -0.3 is 16.0 Å². The molecule has 0 radical (unpaired) electrons. The first-order valence-electron chi connectivity index (χ1n) is 7.10. The molecule has 19 heavy (non-hydrogen) atoms. The van der Waals surface area contributed by atoms with E-state index in [0.717, 1.165) is 25.9 Å². The number of nitrogens with zero attached hydrogens (tertiary/aromatic N) is 1. The summed E-state index contributed by atoms with van der Waals surface area (Å²) < 4.78 is 0. The van der Waals surface area contributed by atoms with Crippen molar-refractivity contribution in [3.05, 3.63) is 0 Å². The molecule has 1 aliphatic heterocycles. The third-order valence-corrected chi connectivity index (χ3v) is 4.35. The Balaban J connectivity index is 1.81. The van der Waals surface area contributed by atoms with Gasteiger partial charge in [0, 0.05) is 24.5 Å². The zero-order valence-electron chi connectivity index (χ0n) is 12.1. The van der Waals surface area contributed by atoms with Gasteiger partial charge in [0.2, 0.25) is 11.8 Å². The third kappa shape index (κ3) is 3.08. The summed E-state index contributed by atoms with van der Waals surface area (Å²) >= 11 is 0. The molecule has 2 aliphatic rings. The number of nitrogens with two attached hydrogens (primary N) is 1. The second kappa shape index (κ2) is 5.12. The topological polar surface area (TPSA) is 75.4 Å². The summed E-state index contributed by atoms with van der Waals surface area (Å²) in [6.07, 6.45) is 2.21. The van der Waals surface area contributed by atoms with E-state index in [0.29, 0.717) is 11.8 Å². The fraction of sp³-hybridized carbons (Fsp3) is 0.857. The van der Waals surface area contributed by atoms with Gasteiger partial charge in [0.25, 0.3) is 0 Å². The summed E-state index contributed by atoms with van der Waals surface area (Å²) in [7, 11) is 0. The van der Waals surface area contributed by atoms with Gasteiger partial charge in [0.1, 0.15) is 0 Å². The van der Waals surface area contributed by atoms with Crippen LogP contribution >= 0.6 is 0 Å². The van der Waals surface area contributed by atoms with Crippen LogP contribution in [0.25, 0.3) is 0 Å². The monoisotopic (exact) mass is 267 g/mol. The van der Waals surface area contributed by atoms with Crippen LogP contribution in [0.3, 0.4) is 0 Å². The second-order valence-corrected chi connectivity index (χ2v) is 6.90. The number of hydrogen-bond donors (Lipinski definition) is 2. The van der Waals surface area contributed by atoms with E-state index in [9.17, 15) is 9.59 Å². The lowest BCUT2D eigenvalue weighted by molar-refractivity contribution is -0.134. The van der Waals surface area contributed by atoms with Gasteiger partial charge in [-0.15, -0.1) is 0 Å². The zero-order chi connectivity index (χ0) is 14.2. The van der Waals surface area contributed by atoms with Gasteiger partial charge >= 0.3 is 0 Å². The molecule has 3 N–H and O–H groups in total. The van der Waals surface area contributed by atoms with E-state index in [4.69, 9.17) is 5.73 Å². The predicted molar refractivity (Wildman–Crippen MR) is 73.2 cm³/mol. The highest BCUT2D eigenvalue weighted by Crippen LogP contribution is 2.36. The zero-order valence-corrected chi connectivity index (χ0v) is 12.1. The Bertz CT molecular complexity index is 375. The smallest absolute Gasteiger partial charge is 0.241 e. The van der Waals surface area contributed by atoms with Gasteiger partial charge in [-0.1, -0.05) is 20.8 Å². The summed E-state index contributed by atoms with van der Waals surface area (Å²) in [5.74, 6) is 0.954. The molecule has 5 nitrogen and oxygen atoms in total. The number of fused-ring (bicyclic) bond motifs is 1. The van der Waals surface area contributed by atoms with Crippen molar-refractivity contribution in [2.24, 2.45) is 23.0 Å². The van der Waals surface area contributed by atoms with E-state index in [1.165, 1.54) is 0 Å². The maximum absolute atomic E-state index is 12.1. The summed E-state index contributed by atoms with van der Waals surface area (Å²) in [6, 6.07) is 0.243. The Labute approximate surface area is 114 Å². The Morgan fingerprint density at radius 1 is 1.26 bits per heavy atom. The van der Waals surface area contributed by atoms with Gasteiger partial charge in [0.05, 0.1) is 6.54 Å². The summed E-state index contributed by atoms with van der Waals surface area (Å²) in [5.41, 5.74) is 5.60. The molecule has 3 unspecified atom stereocenters. The first-order chi connectivity index (χ1) is 8.79. The number of nitrogens with one attached hydrogen (secondary N) is 1. The SMILES string of the molecule is CC(C)(C)C(=O)NCC(=O)N1CC2CCC(N)C2C1. The van der Waals surface area contributed by atoms with Gasteiger partial charge in [-0.05, 0) is 24.7 Å². The van der Waals surface area contributed by atoms with Crippen molar-refractivity contribution in [3.8, 4) is 0 Å². The van der Waals surface area contributed by atoms with Gasteiger partial charge in [-0.2, -0.15) is 0 Å². The second-order valence-electron chi connectivity index (χ2n) is 6.90. The molecular formula is C14H25N3O2. The van der Waals surface area contributed by atoms with E-state index >= 15 is 0 Å². The molecule has 1 aliphatic carbocycles. The molecule has 2 fully saturated rings. The van der Waals surface area contributed by atoms with Crippen molar-refractivity contribution in [2.45, 2.75) is 39.7 Å². The van der Waals surface area contributed by atoms with E-state index in [1.807, 2.05) is 25.7 Å². The number of hydrogen-bond acceptors (Lipinski definition) is 3. The lowest BCUT2D eigenvalue weighted by Crippen LogP contribution is -2.43. The molecule has 0 bridgehead atoms. The van der Waals surface area contributed by atoms with Crippen molar-refractivity contribution in [3.63, 3.8) is 0 Å². The average Bonchev–Trinajstić information content (AvgIpc) is 2.87. The van der Waals surface area contributed by atoms with Gasteiger partial charge in [-0.25, -0.2) is 0 Å². The maximum Gasteiger partial charge on any atom is 0.241 e. The summed E-state index contributed by atoms with van der Waals surface area (Å²) in [4.78, 5) is 25.7. The van der Waals surface area contributed by atoms with Crippen molar-refractivity contribution >= 4 is 11.8 Å². The molecule has 3 atom stereocenters. The molecule has 2 rings (SSSR count). The van der Waals surface area contributed by atoms with Crippen LogP contribution in [0.4, 0.5) is 0 Å². The molecule has 0 aromatic heterocycles. The van der Waals surface area contributed by atoms with Crippen LogP contribution in [0.2, 0.25) is 0 Å². The van der Waals surface area contributed by atoms with Crippen molar-refractivity contribution in [1.82, 2.24) is 10.2 Å². The van der Waals surface area contributed by atoms with Gasteiger partial charge in [0.15, 0.2) is 0 Å². The highest BCUT2D eigenvalue weighted by Gasteiger charge is 2.42. The minimum atomic E-state index is -0.454. The van der Waals surface area contributed by atoms with Crippen LogP contribution in [-0.2, 0) is 9.59 Å². The summed E-state index contributed by atoms with van der Waals surface area (Å²) in [5, 5.41) is 2.71. The normalized spacial score (nSPS) is 30.3. The number of carbonyl (C=O) groups excluding carboxylic acids is 2. The number of likely N-dealkylation sites (tertiary alicyclic amines) is 1. The van der Waals surface area contributed by atoms with E-state index in [-0.39, 0.29) is 24.4 Å². The molecule has 5 heteroatoms. The molecule has 1 saturated heterocycles. The van der Waals surface area contributed by atoms with E-state index in [2.05, 4.69) is 5.32 Å². The van der Waals surface area contributed by atoms with Crippen molar-refractivity contribution < 1.29 is 9.59 Å². The highest BCUT2D eigenvalue weighted by atomic mass is 16.2. The predicted octanol–water partition coefficient (Wildman–Crippen LogP) is 0.344. The first-order valence-corrected chi connectivity index (χ1v) is 7.10. The van der Waals surface area contributed by atoms with Crippen LogP contribution in [0.1, 0.15) is 33.6 Å². The van der Waals surface area contributed by atoms with Crippen LogP contribution in [0.15, 0.2) is 0 Å². The number of carbonyl (C=O) groups is 2. The van der Waals surface area contributed by atoms with Gasteiger partial charge in [-0.3, -0.25) is 9.59 Å². The lowest BCUT2D eigenvalue weighted by atomic mass is 9.96. The molecule has 108 valence electrons. The van der Waals surface area contributed by atoms with E-state index in [1.54, 1.807) is 0 Å². The molecule has 1 heterocycles. The maximum atomic E-state index is 12.1. The Kier molecular flexibility index (Phi) is 3.85. The van der Waals surface area contributed by atoms with Crippen LogP contribution in [0, 0.1) is 17.3 Å². The minimum Gasteiger partial charge on any atom is -0.347 e. The molecule has 2 amide bonds. The largest absolute Gasteiger partial charge is 0.347 e. The quantitative estimate of drug-likeness (QED) is 0.758. The Morgan fingerprint density at radius 3 is 2.53 bits per heavy atom. The van der Waals surface area contributed by atoms with Crippen LogP contribution in [-0.4, -0.2) is 42.4 Å². The van der Waals surface area contributed by atoms with Crippen molar-refractivity contribution in [2.75, 3.05) is 19.6 Å². The molecule has 0 aromatic carbocycles. The number of rotatable bonds is 2. The third-order valence-electron chi connectivity index (χ3n) is 4.35. The average molecular weight is 267 g/mol. The standard InChI is InChI=1S/C14H25N3O2/c1-14(2,3)13(19)16-6-12(18)17-7-9-4-5-11(15)10(9)8-17/h9-11H,4-8,15H2,1-3H3,(H,16,19). The molecule has 0 spiro atoms. The fourth-order valence-electron chi connectivity index (χ4n) is 3.04. The highest BCUT2D eigenvalue weighted by molar-refractivity contribution is 5.87. The lowest BCUT2D eigenvalue weighted by Gasteiger charge is -2.21. The Morgan fingerprint density at radius 2 is 1.95 bits per heavy atom. The minimum absolute atomic E-state index is 0.0131. The first kappa shape index (κ1) is 14.3. The van der Waals surface area contributed by atoms with Crippen LogP contribution < -0.4 is 11.1 Å². The summed E-state index contributed by atoms with van der Waals surface area (Å²) in [6.45, 7) is 7.19. The molecular weight excluding hydrogens is 242 g/mol. The Hall–Kier alpha value is -1.10. The molecule has 1 saturated carbocycles.